The van der Waals surface area contributed by atoms with E-state index >= 15 is 0 Å². The number of hydrogen-bond acceptors (Lipinski definition) is 3. The Hall–Kier alpha value is -2.04. The van der Waals surface area contributed by atoms with E-state index in [4.69, 9.17) is 16.3 Å². The summed E-state index contributed by atoms with van der Waals surface area (Å²) in [7, 11) is 1.65. The minimum Gasteiger partial charge on any atom is -0.491 e. The summed E-state index contributed by atoms with van der Waals surface area (Å²) in [5, 5.41) is 10.7. The van der Waals surface area contributed by atoms with Crippen LogP contribution in [-0.2, 0) is 0 Å². The van der Waals surface area contributed by atoms with Gasteiger partial charge >= 0.3 is 0 Å². The summed E-state index contributed by atoms with van der Waals surface area (Å²) in [5.74, 6) is 0.573. The fraction of sp³-hybridized carbons (Fsp3) is 0.316. The topological polar surface area (TPSA) is 49.8 Å². The molecular weight excluding hydrogens is 326 g/mol. The molecule has 0 fully saturated rings. The van der Waals surface area contributed by atoms with Gasteiger partial charge in [-0.2, -0.15) is 0 Å². The monoisotopic (exact) mass is 347 g/mol. The van der Waals surface area contributed by atoms with E-state index in [2.05, 4.69) is 0 Å². The van der Waals surface area contributed by atoms with E-state index in [0.29, 0.717) is 10.6 Å². The number of benzene rings is 2. The fourth-order valence-corrected chi connectivity index (χ4v) is 2.54. The van der Waals surface area contributed by atoms with Gasteiger partial charge in [-0.3, -0.25) is 4.79 Å². The molecule has 2 rings (SSSR count). The van der Waals surface area contributed by atoms with E-state index in [0.717, 1.165) is 16.9 Å². The lowest BCUT2D eigenvalue weighted by molar-refractivity contribution is 0.0562. The van der Waals surface area contributed by atoms with Crippen molar-refractivity contribution in [2.45, 2.75) is 20.0 Å². The Balaban J connectivity index is 1.88. The van der Waals surface area contributed by atoms with Gasteiger partial charge in [-0.15, -0.1) is 0 Å². The molecule has 0 aromatic heterocycles. The molecule has 5 heteroatoms. The maximum atomic E-state index is 12.3. The average molecular weight is 348 g/mol. The van der Waals surface area contributed by atoms with E-state index in [1.54, 1.807) is 31.3 Å². The Morgan fingerprint density at radius 3 is 2.50 bits per heavy atom. The van der Waals surface area contributed by atoms with Crippen molar-refractivity contribution >= 4 is 17.5 Å². The molecule has 0 bridgehead atoms. The third-order valence-corrected chi connectivity index (χ3v) is 3.94. The van der Waals surface area contributed by atoms with Crippen LogP contribution in [0.4, 0.5) is 0 Å². The lowest BCUT2D eigenvalue weighted by atomic mass is 10.1. The van der Waals surface area contributed by atoms with Gasteiger partial charge in [0.2, 0.25) is 0 Å². The van der Waals surface area contributed by atoms with Crippen molar-refractivity contribution in [2.75, 3.05) is 20.2 Å². The molecular formula is C19H22ClNO3. The zero-order valence-corrected chi connectivity index (χ0v) is 14.9. The van der Waals surface area contributed by atoms with Gasteiger partial charge in [0, 0.05) is 24.2 Å². The summed E-state index contributed by atoms with van der Waals surface area (Å²) in [6.45, 7) is 4.29. The summed E-state index contributed by atoms with van der Waals surface area (Å²) in [6, 6.07) is 12.5. The molecule has 0 radical (unpaired) electrons. The molecule has 0 heterocycles. The SMILES string of the molecule is Cc1ccc(OC[C@@H](O)CN(C)C(=O)c2ccc(Cl)cc2)c(C)c1. The number of rotatable bonds is 6. The Bertz CT molecular complexity index is 700. The molecule has 0 aliphatic heterocycles. The summed E-state index contributed by atoms with van der Waals surface area (Å²) in [6.07, 6.45) is -0.771. The van der Waals surface area contributed by atoms with Crippen LogP contribution in [0, 0.1) is 13.8 Å². The number of aliphatic hydroxyl groups is 1. The summed E-state index contributed by atoms with van der Waals surface area (Å²) in [5.41, 5.74) is 2.71. The molecule has 4 nitrogen and oxygen atoms in total. The van der Waals surface area contributed by atoms with E-state index in [1.807, 2.05) is 32.0 Å². The molecule has 0 saturated carbocycles. The fourth-order valence-electron chi connectivity index (χ4n) is 2.41. The Kier molecular flexibility index (Phi) is 6.23. The van der Waals surface area contributed by atoms with E-state index < -0.39 is 6.10 Å². The highest BCUT2D eigenvalue weighted by molar-refractivity contribution is 6.30. The van der Waals surface area contributed by atoms with Crippen LogP contribution >= 0.6 is 11.6 Å². The highest BCUT2D eigenvalue weighted by atomic mass is 35.5. The smallest absolute Gasteiger partial charge is 0.253 e. The van der Waals surface area contributed by atoms with Crippen LogP contribution in [0.15, 0.2) is 42.5 Å². The minimum absolute atomic E-state index is 0.127. The van der Waals surface area contributed by atoms with Crippen molar-refractivity contribution in [3.63, 3.8) is 0 Å². The van der Waals surface area contributed by atoms with Crippen molar-refractivity contribution in [3.05, 3.63) is 64.2 Å². The zero-order valence-electron chi connectivity index (χ0n) is 14.1. The standard InChI is InChI=1S/C19H22ClNO3/c1-13-4-9-18(14(2)10-13)24-12-17(22)11-21(3)19(23)15-5-7-16(20)8-6-15/h4-10,17,22H,11-12H2,1-3H3/t17-/m0/s1. The first-order valence-electron chi connectivity index (χ1n) is 7.76. The molecule has 24 heavy (non-hydrogen) atoms. The largest absolute Gasteiger partial charge is 0.491 e. The third-order valence-electron chi connectivity index (χ3n) is 3.68. The van der Waals surface area contributed by atoms with Crippen molar-refractivity contribution in [2.24, 2.45) is 0 Å². The van der Waals surface area contributed by atoms with Crippen LogP contribution in [0.5, 0.6) is 5.75 Å². The first kappa shape index (κ1) is 18.3. The maximum Gasteiger partial charge on any atom is 0.253 e. The number of likely N-dealkylation sites (N-methyl/N-ethyl adjacent to an activating group) is 1. The van der Waals surface area contributed by atoms with Crippen molar-refractivity contribution < 1.29 is 14.6 Å². The van der Waals surface area contributed by atoms with E-state index in [9.17, 15) is 9.90 Å². The van der Waals surface area contributed by atoms with Gasteiger partial charge in [-0.25, -0.2) is 0 Å². The second kappa shape index (κ2) is 8.18. The maximum absolute atomic E-state index is 12.3. The second-order valence-corrected chi connectivity index (χ2v) is 6.36. The summed E-state index contributed by atoms with van der Waals surface area (Å²) >= 11 is 5.82. The number of aryl methyl sites for hydroxylation is 2. The predicted molar refractivity (Wildman–Crippen MR) is 95.8 cm³/mol. The van der Waals surface area contributed by atoms with Crippen LogP contribution in [0.25, 0.3) is 0 Å². The third kappa shape index (κ3) is 4.98. The molecule has 128 valence electrons. The molecule has 0 saturated heterocycles. The number of amides is 1. The number of carbonyl (C=O) groups is 1. The Morgan fingerprint density at radius 1 is 1.21 bits per heavy atom. The van der Waals surface area contributed by atoms with Gasteiger partial charge in [0.1, 0.15) is 18.5 Å². The van der Waals surface area contributed by atoms with Gasteiger partial charge in [-0.05, 0) is 49.7 Å². The molecule has 1 atom stereocenters. The van der Waals surface area contributed by atoms with Gasteiger partial charge < -0.3 is 14.7 Å². The van der Waals surface area contributed by atoms with Gasteiger partial charge in [0.15, 0.2) is 0 Å². The number of aliphatic hydroxyl groups excluding tert-OH is 1. The highest BCUT2D eigenvalue weighted by Gasteiger charge is 2.16. The lowest BCUT2D eigenvalue weighted by Gasteiger charge is -2.21. The first-order chi connectivity index (χ1) is 11.4. The normalized spacial score (nSPS) is 11.9. The molecule has 1 N–H and O–H groups in total. The number of hydrogen-bond donors (Lipinski definition) is 1. The quantitative estimate of drug-likeness (QED) is 0.870. The van der Waals surface area contributed by atoms with Crippen molar-refractivity contribution in [1.29, 1.82) is 0 Å². The molecule has 0 aliphatic rings. The van der Waals surface area contributed by atoms with E-state index in [1.165, 1.54) is 4.90 Å². The number of carbonyl (C=O) groups excluding carboxylic acids is 1. The lowest BCUT2D eigenvalue weighted by Crippen LogP contribution is -2.37. The van der Waals surface area contributed by atoms with Crippen LogP contribution in [-0.4, -0.2) is 42.2 Å². The second-order valence-electron chi connectivity index (χ2n) is 5.93. The van der Waals surface area contributed by atoms with Crippen LogP contribution in [0.1, 0.15) is 21.5 Å². The number of nitrogens with zero attached hydrogens (tertiary/aromatic N) is 1. The molecule has 1 amide bonds. The molecule has 2 aromatic carbocycles. The number of halogens is 1. The summed E-state index contributed by atoms with van der Waals surface area (Å²) < 4.78 is 5.65. The molecule has 0 unspecified atom stereocenters. The van der Waals surface area contributed by atoms with Crippen molar-refractivity contribution in [3.8, 4) is 5.75 Å². The predicted octanol–water partition coefficient (Wildman–Crippen LogP) is 3.47. The van der Waals surface area contributed by atoms with Crippen LogP contribution in [0.3, 0.4) is 0 Å². The van der Waals surface area contributed by atoms with Crippen LogP contribution in [0.2, 0.25) is 5.02 Å². The molecule has 2 aromatic rings. The Morgan fingerprint density at radius 2 is 1.88 bits per heavy atom. The molecule has 0 spiro atoms. The first-order valence-corrected chi connectivity index (χ1v) is 8.14. The highest BCUT2D eigenvalue weighted by Crippen LogP contribution is 2.19. The number of ether oxygens (including phenoxy) is 1. The Labute approximate surface area is 147 Å². The zero-order chi connectivity index (χ0) is 17.7. The summed E-state index contributed by atoms with van der Waals surface area (Å²) in [4.78, 5) is 13.8. The van der Waals surface area contributed by atoms with Crippen molar-refractivity contribution in [1.82, 2.24) is 4.90 Å². The van der Waals surface area contributed by atoms with Gasteiger partial charge in [0.25, 0.3) is 5.91 Å². The average Bonchev–Trinajstić information content (AvgIpc) is 2.54. The van der Waals surface area contributed by atoms with E-state index in [-0.39, 0.29) is 19.1 Å². The van der Waals surface area contributed by atoms with Crippen LogP contribution < -0.4 is 4.74 Å². The van der Waals surface area contributed by atoms with Gasteiger partial charge in [-0.1, -0.05) is 29.3 Å². The molecule has 0 aliphatic carbocycles. The minimum atomic E-state index is -0.771. The van der Waals surface area contributed by atoms with Gasteiger partial charge in [0.05, 0.1) is 0 Å².